The zero-order valence-electron chi connectivity index (χ0n) is 41.4. The molecule has 2 unspecified atom stereocenters. The molecule has 412 valence electrons. The lowest BCUT2D eigenvalue weighted by atomic mass is 10.0. The van der Waals surface area contributed by atoms with Crippen LogP contribution in [-0.2, 0) is 63.9 Å². The number of fused-ring (bicyclic) bond motifs is 2. The standard InChI is InChI=1S/C50H52N12O15P2/c51-33(19-27-11-15-31(16-12-27)29-7-3-1-4-8-29)49(65)75-41-36(22-72-79(69,70)77-78(67,68)71-21-35-39(63)40(64)47(73-35)61-25-59-37-43(53)55-23-57-45(37)61)74-48(62-26-60-38-44(54)56-24-58-46(38)62)42(41)76-50(66)34(52)20-28-13-17-32(18-14-28)30-9-5-2-6-10-30/h1-18,23-26,33-36,39-42,47-48,63-64H,19-22,51-52H2,(H,67,68)(H,69,70)(H2,53,55,57)(H2,54,56,58)/t33-,34-,35+,36+,39+,40+,41+,42+,47+,48+/m0/s1. The maximum absolute atomic E-state index is 14.2. The number of hydrogen-bond donors (Lipinski definition) is 8. The monoisotopic (exact) mass is 1120 g/mol. The van der Waals surface area contributed by atoms with Gasteiger partial charge in [0.1, 0.15) is 60.2 Å². The molecule has 29 heteroatoms. The van der Waals surface area contributed by atoms with Crippen molar-refractivity contribution in [1.29, 1.82) is 0 Å². The summed E-state index contributed by atoms with van der Waals surface area (Å²) < 4.78 is 68.4. The van der Waals surface area contributed by atoms with E-state index in [1.54, 1.807) is 12.1 Å². The van der Waals surface area contributed by atoms with Gasteiger partial charge in [-0.2, -0.15) is 4.31 Å². The SMILES string of the molecule is Nc1ncnc2c1ncn2[C@@H]1O[C@H](COP(=O)(O)OP(=O)(O)OC[C@H]2O[C@@H](n3cnc4c(N)ncnc43)[C@H](OC(=O)[C@@H](N)Cc3ccc(-c4ccccc4)cc3)[C@@H]2OC(=O)[C@@H](N)Cc2ccc(-c3ccccc3)cc2)[C@@H](O)[C@H]1O. The second kappa shape index (κ2) is 23.1. The third-order valence-corrected chi connectivity index (χ3v) is 15.7. The van der Waals surface area contributed by atoms with Crippen molar-refractivity contribution in [2.24, 2.45) is 11.5 Å². The van der Waals surface area contributed by atoms with E-state index in [4.69, 9.17) is 50.9 Å². The highest BCUT2D eigenvalue weighted by Gasteiger charge is 2.53. The molecule has 8 aromatic rings. The van der Waals surface area contributed by atoms with Gasteiger partial charge in [-0.3, -0.25) is 27.8 Å². The van der Waals surface area contributed by atoms with Crippen LogP contribution >= 0.6 is 15.6 Å². The van der Waals surface area contributed by atoms with Gasteiger partial charge in [0.15, 0.2) is 47.6 Å². The van der Waals surface area contributed by atoms with E-state index < -0.39 is 102 Å². The summed E-state index contributed by atoms with van der Waals surface area (Å²) in [6, 6.07) is 31.2. The number of aromatic nitrogens is 8. The third-order valence-electron chi connectivity index (χ3n) is 13.1. The summed E-state index contributed by atoms with van der Waals surface area (Å²) in [5.74, 6) is -2.03. The van der Waals surface area contributed by atoms with Gasteiger partial charge in [0, 0.05) is 0 Å². The van der Waals surface area contributed by atoms with Crippen LogP contribution in [0.4, 0.5) is 11.6 Å². The molecular weight excluding hydrogens is 1070 g/mol. The lowest BCUT2D eigenvalue weighted by Crippen LogP contribution is -2.47. The molecule has 10 rings (SSSR count). The van der Waals surface area contributed by atoms with Gasteiger partial charge in [-0.25, -0.2) is 39.0 Å². The van der Waals surface area contributed by atoms with Crippen molar-refractivity contribution < 1.29 is 71.0 Å². The summed E-state index contributed by atoms with van der Waals surface area (Å²) in [6.07, 6.45) is -8.20. The molecule has 6 heterocycles. The fourth-order valence-electron chi connectivity index (χ4n) is 9.10. The van der Waals surface area contributed by atoms with Gasteiger partial charge >= 0.3 is 27.6 Å². The minimum atomic E-state index is -5.70. The summed E-state index contributed by atoms with van der Waals surface area (Å²) in [7, 11) is -11.3. The summed E-state index contributed by atoms with van der Waals surface area (Å²) in [4.78, 5) is 74.6. The summed E-state index contributed by atoms with van der Waals surface area (Å²) in [5, 5.41) is 21.7. The Morgan fingerprint density at radius 3 is 1.46 bits per heavy atom. The molecule has 2 saturated heterocycles. The highest BCUT2D eigenvalue weighted by Crippen LogP contribution is 2.61. The number of hydrogen-bond acceptors (Lipinski definition) is 23. The van der Waals surface area contributed by atoms with Crippen LogP contribution in [0.5, 0.6) is 0 Å². The number of phosphoric ester groups is 2. The van der Waals surface area contributed by atoms with Gasteiger partial charge in [-0.15, -0.1) is 0 Å². The Morgan fingerprint density at radius 2 is 0.975 bits per heavy atom. The number of imidazole rings is 2. The van der Waals surface area contributed by atoms with Crippen molar-refractivity contribution in [3.63, 3.8) is 0 Å². The Kier molecular flexibility index (Phi) is 16.0. The van der Waals surface area contributed by atoms with Gasteiger partial charge in [0.2, 0.25) is 0 Å². The molecule has 2 aliphatic rings. The van der Waals surface area contributed by atoms with Crippen LogP contribution in [0.3, 0.4) is 0 Å². The van der Waals surface area contributed by atoms with Crippen LogP contribution < -0.4 is 22.9 Å². The molecule has 12 N–H and O–H groups in total. The van der Waals surface area contributed by atoms with E-state index >= 15 is 0 Å². The van der Waals surface area contributed by atoms with Crippen molar-refractivity contribution >= 4 is 61.5 Å². The number of nitrogen functional groups attached to an aromatic ring is 2. The Bertz CT molecular complexity index is 3550. The number of carbonyl (C=O) groups is 2. The molecule has 2 fully saturated rings. The number of ether oxygens (including phenoxy) is 4. The number of aliphatic hydroxyl groups excluding tert-OH is 2. The molecule has 0 radical (unpaired) electrons. The summed E-state index contributed by atoms with van der Waals surface area (Å²) in [6.45, 7) is -2.04. The van der Waals surface area contributed by atoms with Gasteiger partial charge < -0.3 is 61.9 Å². The van der Waals surface area contributed by atoms with E-state index in [1.807, 2.05) is 97.1 Å². The Labute approximate surface area is 448 Å². The van der Waals surface area contributed by atoms with Crippen LogP contribution in [0.1, 0.15) is 23.6 Å². The predicted octanol–water partition coefficient (Wildman–Crippen LogP) is 2.90. The van der Waals surface area contributed by atoms with Crippen LogP contribution in [0.15, 0.2) is 135 Å². The van der Waals surface area contributed by atoms with Gasteiger partial charge in [-0.1, -0.05) is 109 Å². The topological polar surface area (TPSA) is 405 Å². The molecule has 2 aliphatic heterocycles. The molecule has 0 aliphatic carbocycles. The molecule has 0 bridgehead atoms. The highest BCUT2D eigenvalue weighted by molar-refractivity contribution is 7.61. The van der Waals surface area contributed by atoms with Crippen LogP contribution in [0.2, 0.25) is 0 Å². The van der Waals surface area contributed by atoms with E-state index in [0.29, 0.717) is 11.1 Å². The summed E-state index contributed by atoms with van der Waals surface area (Å²) >= 11 is 0. The van der Waals surface area contributed by atoms with Crippen molar-refractivity contribution in [1.82, 2.24) is 39.0 Å². The number of nitrogens with zero attached hydrogens (tertiary/aromatic N) is 8. The van der Waals surface area contributed by atoms with Crippen LogP contribution in [-0.4, -0.2) is 133 Å². The first-order valence-electron chi connectivity index (χ1n) is 24.3. The maximum Gasteiger partial charge on any atom is 0.481 e. The minimum absolute atomic E-state index is 0.0110. The highest BCUT2D eigenvalue weighted by atomic mass is 31.3. The summed E-state index contributed by atoms with van der Waals surface area (Å²) in [5.41, 5.74) is 30.5. The predicted molar refractivity (Wildman–Crippen MR) is 279 cm³/mol. The second-order valence-corrected chi connectivity index (χ2v) is 21.5. The second-order valence-electron chi connectivity index (χ2n) is 18.4. The zero-order valence-corrected chi connectivity index (χ0v) is 43.2. The molecule has 4 aromatic carbocycles. The fourth-order valence-corrected chi connectivity index (χ4v) is 11.2. The van der Waals surface area contributed by atoms with Crippen molar-refractivity contribution in [3.8, 4) is 22.3 Å². The Morgan fingerprint density at radius 1 is 0.557 bits per heavy atom. The van der Waals surface area contributed by atoms with Gasteiger partial charge in [0.25, 0.3) is 0 Å². The van der Waals surface area contributed by atoms with E-state index in [1.165, 1.54) is 21.8 Å². The molecule has 0 spiro atoms. The number of anilines is 2. The average Bonchev–Trinajstić information content (AvgIpc) is 4.30. The number of esters is 2. The van der Waals surface area contributed by atoms with E-state index in [2.05, 4.69) is 34.2 Å². The molecular formula is C50H52N12O15P2. The zero-order chi connectivity index (χ0) is 55.6. The molecule has 27 nitrogen and oxygen atoms in total. The number of aliphatic hydroxyl groups is 2. The van der Waals surface area contributed by atoms with Gasteiger partial charge in [-0.05, 0) is 46.2 Å². The number of phosphoric acid groups is 2. The van der Waals surface area contributed by atoms with E-state index in [0.717, 1.165) is 34.9 Å². The molecule has 12 atom stereocenters. The normalized spacial score (nSPS) is 23.5. The van der Waals surface area contributed by atoms with Crippen LogP contribution in [0.25, 0.3) is 44.6 Å². The quantitative estimate of drug-likeness (QED) is 0.0402. The fraction of sp³-hybridized carbons (Fsp3) is 0.280. The number of rotatable bonds is 20. The average molecular weight is 1120 g/mol. The number of carbonyl (C=O) groups excluding carboxylic acids is 2. The van der Waals surface area contributed by atoms with E-state index in [9.17, 15) is 38.7 Å². The van der Waals surface area contributed by atoms with Gasteiger partial charge in [0.05, 0.1) is 25.9 Å². The van der Waals surface area contributed by atoms with Crippen molar-refractivity contribution in [3.05, 3.63) is 146 Å². The first-order valence-corrected chi connectivity index (χ1v) is 27.3. The molecule has 79 heavy (non-hydrogen) atoms. The van der Waals surface area contributed by atoms with Crippen molar-refractivity contribution in [2.75, 3.05) is 24.7 Å². The number of nitrogens with two attached hydrogens (primary N) is 4. The number of benzene rings is 4. The first kappa shape index (κ1) is 54.9. The largest absolute Gasteiger partial charge is 0.481 e. The maximum atomic E-state index is 14.2. The lowest BCUT2D eigenvalue weighted by Gasteiger charge is -2.27. The Balaban J connectivity index is 0.879. The first-order chi connectivity index (χ1) is 37.9. The smallest absolute Gasteiger partial charge is 0.454 e. The van der Waals surface area contributed by atoms with Crippen LogP contribution in [0, 0.1) is 0 Å². The lowest BCUT2D eigenvalue weighted by molar-refractivity contribution is -0.170. The van der Waals surface area contributed by atoms with E-state index in [-0.39, 0.29) is 46.8 Å². The molecule has 0 saturated carbocycles. The molecule has 0 amide bonds. The minimum Gasteiger partial charge on any atom is -0.454 e. The third kappa shape index (κ3) is 12.2. The Hall–Kier alpha value is -7.46. The van der Waals surface area contributed by atoms with Crippen molar-refractivity contribution in [2.45, 2.75) is 74.0 Å². The molecule has 4 aromatic heterocycles.